The Morgan fingerprint density at radius 1 is 1.22 bits per heavy atom. The highest BCUT2D eigenvalue weighted by molar-refractivity contribution is 7.91. The predicted octanol–water partition coefficient (Wildman–Crippen LogP) is 1.20. The third-order valence-electron chi connectivity index (χ3n) is 4.44. The molecule has 0 bridgehead atoms. The SMILES string of the molecule is COC(=O)CS(=O)(=O)Cc1ccc(CNC(=O)[C@H]2CCN[C@@H](C)C2)cc1.Cl. The summed E-state index contributed by atoms with van der Waals surface area (Å²) in [6.45, 7) is 3.34. The summed E-state index contributed by atoms with van der Waals surface area (Å²) in [4.78, 5) is 23.4. The van der Waals surface area contributed by atoms with Crippen LogP contribution >= 0.6 is 12.4 Å². The van der Waals surface area contributed by atoms with Crippen LogP contribution in [0.15, 0.2) is 24.3 Å². The van der Waals surface area contributed by atoms with Gasteiger partial charge in [-0.3, -0.25) is 9.59 Å². The lowest BCUT2D eigenvalue weighted by atomic mass is 9.92. The number of methoxy groups -OCH3 is 1. The Morgan fingerprint density at radius 2 is 1.85 bits per heavy atom. The minimum atomic E-state index is -3.55. The fourth-order valence-electron chi connectivity index (χ4n) is 3.00. The number of carbonyl (C=O) groups excluding carboxylic acids is 2. The van der Waals surface area contributed by atoms with Crippen molar-refractivity contribution in [2.75, 3.05) is 19.4 Å². The largest absolute Gasteiger partial charge is 0.468 e. The quantitative estimate of drug-likeness (QED) is 0.645. The van der Waals surface area contributed by atoms with Crippen LogP contribution in [0.2, 0.25) is 0 Å². The molecule has 0 saturated carbocycles. The first-order valence-electron chi connectivity index (χ1n) is 8.65. The molecule has 152 valence electrons. The molecule has 9 heteroatoms. The van der Waals surface area contributed by atoms with Gasteiger partial charge in [-0.15, -0.1) is 12.4 Å². The van der Waals surface area contributed by atoms with Gasteiger partial charge in [0.1, 0.15) is 5.75 Å². The van der Waals surface area contributed by atoms with Gasteiger partial charge in [-0.2, -0.15) is 0 Å². The van der Waals surface area contributed by atoms with Crippen LogP contribution in [0, 0.1) is 5.92 Å². The maximum Gasteiger partial charge on any atom is 0.320 e. The van der Waals surface area contributed by atoms with Gasteiger partial charge >= 0.3 is 5.97 Å². The average molecular weight is 419 g/mol. The van der Waals surface area contributed by atoms with Crippen LogP contribution in [0.3, 0.4) is 0 Å². The van der Waals surface area contributed by atoms with E-state index in [0.29, 0.717) is 18.2 Å². The van der Waals surface area contributed by atoms with Crippen LogP contribution in [0.1, 0.15) is 30.9 Å². The Bertz CT molecular complexity index is 737. The maximum absolute atomic E-state index is 12.2. The third kappa shape index (κ3) is 7.86. The Balaban J connectivity index is 0.00000364. The number of ether oxygens (including phenoxy) is 1. The standard InChI is InChI=1S/C18H26N2O5S.ClH/c1-13-9-16(7-8-19-13)18(22)20-10-14-3-5-15(6-4-14)11-26(23,24)12-17(21)25-2;/h3-6,13,16,19H,7-12H2,1-2H3,(H,20,22);1H/t13-,16-;/m0./s1. The molecule has 1 saturated heterocycles. The molecule has 1 aromatic carbocycles. The predicted molar refractivity (Wildman–Crippen MR) is 105 cm³/mol. The first kappa shape index (κ1) is 23.4. The third-order valence-corrected chi connectivity index (χ3v) is 5.88. The zero-order valence-corrected chi connectivity index (χ0v) is 17.2. The van der Waals surface area contributed by atoms with Crippen LogP contribution < -0.4 is 10.6 Å². The summed E-state index contributed by atoms with van der Waals surface area (Å²) < 4.78 is 28.2. The summed E-state index contributed by atoms with van der Waals surface area (Å²) in [6.07, 6.45) is 1.68. The summed E-state index contributed by atoms with van der Waals surface area (Å²) in [5.41, 5.74) is 1.49. The van der Waals surface area contributed by atoms with Gasteiger partial charge in [-0.05, 0) is 37.4 Å². The molecule has 1 fully saturated rings. The number of sulfone groups is 1. The highest BCUT2D eigenvalue weighted by Crippen LogP contribution is 2.16. The van der Waals surface area contributed by atoms with Crippen LogP contribution in [0.25, 0.3) is 0 Å². The second-order valence-electron chi connectivity index (χ2n) is 6.72. The van der Waals surface area contributed by atoms with Gasteiger partial charge < -0.3 is 15.4 Å². The van der Waals surface area contributed by atoms with E-state index in [9.17, 15) is 18.0 Å². The number of carbonyl (C=O) groups is 2. The van der Waals surface area contributed by atoms with E-state index in [1.807, 2.05) is 0 Å². The first-order chi connectivity index (χ1) is 12.3. The van der Waals surface area contributed by atoms with Crippen molar-refractivity contribution in [3.05, 3.63) is 35.4 Å². The Morgan fingerprint density at radius 3 is 2.44 bits per heavy atom. The van der Waals surface area contributed by atoms with Crippen LogP contribution in [-0.2, 0) is 36.5 Å². The van der Waals surface area contributed by atoms with Gasteiger partial charge in [0.25, 0.3) is 0 Å². The van der Waals surface area contributed by atoms with Gasteiger partial charge in [0.15, 0.2) is 9.84 Å². The van der Waals surface area contributed by atoms with Crippen molar-refractivity contribution in [1.29, 1.82) is 0 Å². The van der Waals surface area contributed by atoms with E-state index in [4.69, 9.17) is 0 Å². The Kier molecular flexibility index (Phi) is 9.21. The van der Waals surface area contributed by atoms with E-state index in [0.717, 1.165) is 32.1 Å². The number of nitrogens with one attached hydrogen (secondary N) is 2. The lowest BCUT2D eigenvalue weighted by Gasteiger charge is -2.27. The molecule has 1 aromatic rings. The molecule has 1 aliphatic rings. The second kappa shape index (κ2) is 10.6. The molecule has 2 rings (SSSR count). The zero-order chi connectivity index (χ0) is 19.2. The van der Waals surface area contributed by atoms with Crippen LogP contribution in [0.4, 0.5) is 0 Å². The first-order valence-corrected chi connectivity index (χ1v) is 10.5. The van der Waals surface area contributed by atoms with E-state index in [1.165, 1.54) is 0 Å². The van der Waals surface area contributed by atoms with Crippen molar-refractivity contribution >= 4 is 34.1 Å². The summed E-state index contributed by atoms with van der Waals surface area (Å²) in [7, 11) is -2.40. The molecule has 2 atom stereocenters. The number of halogens is 1. The Labute approximate surface area is 166 Å². The molecule has 2 N–H and O–H groups in total. The number of esters is 1. The van der Waals surface area contributed by atoms with Crippen molar-refractivity contribution in [2.24, 2.45) is 5.92 Å². The van der Waals surface area contributed by atoms with Crippen LogP contribution in [0.5, 0.6) is 0 Å². The van der Waals surface area contributed by atoms with E-state index in [1.54, 1.807) is 24.3 Å². The normalized spacial score (nSPS) is 19.6. The number of amides is 1. The molecule has 0 unspecified atom stereocenters. The summed E-state index contributed by atoms with van der Waals surface area (Å²) >= 11 is 0. The summed E-state index contributed by atoms with van der Waals surface area (Å²) in [5, 5.41) is 6.27. The van der Waals surface area contributed by atoms with Gasteiger partial charge in [0.05, 0.1) is 12.9 Å². The highest BCUT2D eigenvalue weighted by atomic mass is 35.5. The maximum atomic E-state index is 12.2. The number of hydrogen-bond donors (Lipinski definition) is 2. The topological polar surface area (TPSA) is 102 Å². The molecule has 0 radical (unpaired) electrons. The molecule has 1 aliphatic heterocycles. The minimum absolute atomic E-state index is 0. The van der Waals surface area contributed by atoms with Crippen molar-refractivity contribution in [3.63, 3.8) is 0 Å². The molecular formula is C18H27ClN2O5S. The van der Waals surface area contributed by atoms with Gasteiger partial charge in [0, 0.05) is 18.5 Å². The molecule has 27 heavy (non-hydrogen) atoms. The number of benzene rings is 1. The molecule has 0 spiro atoms. The van der Waals surface area contributed by atoms with Gasteiger partial charge in [-0.1, -0.05) is 24.3 Å². The molecule has 7 nitrogen and oxygen atoms in total. The molecular weight excluding hydrogens is 392 g/mol. The number of rotatable bonds is 7. The van der Waals surface area contributed by atoms with E-state index >= 15 is 0 Å². The smallest absolute Gasteiger partial charge is 0.320 e. The molecule has 0 aromatic heterocycles. The second-order valence-corrected chi connectivity index (χ2v) is 8.78. The van der Waals surface area contributed by atoms with Crippen molar-refractivity contribution < 1.29 is 22.7 Å². The average Bonchev–Trinajstić information content (AvgIpc) is 2.60. The van der Waals surface area contributed by atoms with Crippen molar-refractivity contribution in [3.8, 4) is 0 Å². The number of hydrogen-bond acceptors (Lipinski definition) is 6. The van der Waals surface area contributed by atoms with Gasteiger partial charge in [0.2, 0.25) is 5.91 Å². The van der Waals surface area contributed by atoms with Gasteiger partial charge in [-0.25, -0.2) is 8.42 Å². The van der Waals surface area contributed by atoms with Crippen molar-refractivity contribution in [1.82, 2.24) is 10.6 Å². The molecule has 0 aliphatic carbocycles. The fraction of sp³-hybridized carbons (Fsp3) is 0.556. The Hall–Kier alpha value is -1.64. The molecule has 1 amide bonds. The lowest BCUT2D eigenvalue weighted by Crippen LogP contribution is -2.42. The van der Waals surface area contributed by atoms with E-state index in [2.05, 4.69) is 22.3 Å². The highest BCUT2D eigenvalue weighted by Gasteiger charge is 2.24. The van der Waals surface area contributed by atoms with E-state index < -0.39 is 21.6 Å². The van der Waals surface area contributed by atoms with E-state index in [-0.39, 0.29) is 30.0 Å². The summed E-state index contributed by atoms with van der Waals surface area (Å²) in [6, 6.07) is 7.32. The molecule has 1 heterocycles. The zero-order valence-electron chi connectivity index (χ0n) is 15.6. The summed E-state index contributed by atoms with van der Waals surface area (Å²) in [5.74, 6) is -1.52. The lowest BCUT2D eigenvalue weighted by molar-refractivity contribution is -0.137. The van der Waals surface area contributed by atoms with Crippen molar-refractivity contribution in [2.45, 2.75) is 38.1 Å². The monoisotopic (exact) mass is 418 g/mol. The minimum Gasteiger partial charge on any atom is -0.468 e. The number of piperidine rings is 1. The van der Waals surface area contributed by atoms with Crippen LogP contribution in [-0.4, -0.2) is 45.7 Å². The fourth-order valence-corrected chi connectivity index (χ4v) is 4.28.